The summed E-state index contributed by atoms with van der Waals surface area (Å²) in [5.41, 5.74) is 7.59. The number of nitrogens with one attached hydrogen (secondary N) is 2. The highest BCUT2D eigenvalue weighted by Gasteiger charge is 2.23. The number of aromatic amines is 1. The van der Waals surface area contributed by atoms with Crippen LogP contribution in [0.3, 0.4) is 0 Å². The van der Waals surface area contributed by atoms with Gasteiger partial charge in [-0.1, -0.05) is 6.07 Å². The molecule has 1 aromatic carbocycles. The van der Waals surface area contributed by atoms with Crippen molar-refractivity contribution in [2.24, 2.45) is 0 Å². The van der Waals surface area contributed by atoms with E-state index in [0.29, 0.717) is 11.1 Å². The molecular formula is C33H41N5O3. The largest absolute Gasteiger partial charge is 0.373 e. The highest BCUT2D eigenvalue weighted by atomic mass is 16.5. The number of morpholine rings is 1. The zero-order valence-corrected chi connectivity index (χ0v) is 25.2. The Balaban J connectivity index is 1.47. The minimum Gasteiger partial charge on any atom is -0.373 e. The Morgan fingerprint density at radius 1 is 1.07 bits per heavy atom. The summed E-state index contributed by atoms with van der Waals surface area (Å²) in [6.07, 6.45) is 4.43. The monoisotopic (exact) mass is 555 g/mol. The lowest BCUT2D eigenvalue weighted by atomic mass is 9.98. The first-order chi connectivity index (χ1) is 19.5. The molecule has 4 heterocycles. The van der Waals surface area contributed by atoms with Crippen molar-refractivity contribution in [2.75, 3.05) is 13.1 Å². The molecule has 3 aromatic heterocycles. The van der Waals surface area contributed by atoms with Gasteiger partial charge in [0.15, 0.2) is 0 Å². The molecule has 8 heteroatoms. The van der Waals surface area contributed by atoms with Crippen LogP contribution >= 0.6 is 0 Å². The number of benzene rings is 1. The molecule has 216 valence electrons. The number of fused-ring (bicyclic) bond motifs is 1. The van der Waals surface area contributed by atoms with E-state index in [1.165, 1.54) is 0 Å². The molecule has 4 aromatic rings. The van der Waals surface area contributed by atoms with Gasteiger partial charge in [-0.15, -0.1) is 0 Å². The van der Waals surface area contributed by atoms with Crippen molar-refractivity contribution in [1.29, 1.82) is 0 Å². The molecule has 1 aliphatic rings. The molecule has 2 N–H and O–H groups in total. The Bertz CT molecular complexity index is 1620. The summed E-state index contributed by atoms with van der Waals surface area (Å²) in [5.74, 6) is -0.207. The summed E-state index contributed by atoms with van der Waals surface area (Å²) >= 11 is 0. The van der Waals surface area contributed by atoms with Gasteiger partial charge in [0, 0.05) is 77.9 Å². The molecule has 1 aliphatic heterocycles. The number of aromatic nitrogens is 3. The van der Waals surface area contributed by atoms with Crippen molar-refractivity contribution in [3.05, 3.63) is 86.7 Å². The van der Waals surface area contributed by atoms with Gasteiger partial charge in [0.25, 0.3) is 11.5 Å². The molecule has 1 amide bonds. The minimum atomic E-state index is -0.207. The number of H-pyrrole nitrogens is 1. The fourth-order valence-corrected chi connectivity index (χ4v) is 6.06. The second-order valence-corrected chi connectivity index (χ2v) is 11.8. The van der Waals surface area contributed by atoms with Crippen LogP contribution in [0.25, 0.3) is 22.0 Å². The minimum absolute atomic E-state index is 0.158. The zero-order valence-electron chi connectivity index (χ0n) is 25.2. The summed E-state index contributed by atoms with van der Waals surface area (Å²) in [4.78, 5) is 36.3. The van der Waals surface area contributed by atoms with E-state index < -0.39 is 0 Å². The number of carbonyl (C=O) groups excluding carboxylic acids is 1. The van der Waals surface area contributed by atoms with E-state index in [1.807, 2.05) is 39.1 Å². The molecule has 41 heavy (non-hydrogen) atoms. The first-order valence-corrected chi connectivity index (χ1v) is 14.5. The molecule has 1 unspecified atom stereocenters. The SMILES string of the molecule is Cc1cc(C)c(CNC(=O)c2cc(-c3ccc(CN4CC(C)O[C@@H](C)C4)nc3)cc3c2c(C)cn3C(C)C)c(=O)[nH]1. The number of amides is 1. The van der Waals surface area contributed by atoms with Crippen LogP contribution in [0.2, 0.25) is 0 Å². The molecule has 0 aliphatic carbocycles. The van der Waals surface area contributed by atoms with E-state index in [-0.39, 0.29) is 36.3 Å². The van der Waals surface area contributed by atoms with Gasteiger partial charge in [-0.2, -0.15) is 0 Å². The molecular weight excluding hydrogens is 514 g/mol. The molecule has 0 spiro atoms. The van der Waals surface area contributed by atoms with Crippen LogP contribution in [0.5, 0.6) is 0 Å². The second-order valence-electron chi connectivity index (χ2n) is 11.8. The third-order valence-corrected chi connectivity index (χ3v) is 7.88. The number of hydrogen-bond donors (Lipinski definition) is 2. The van der Waals surface area contributed by atoms with Crippen LogP contribution in [-0.4, -0.2) is 50.6 Å². The lowest BCUT2D eigenvalue weighted by Crippen LogP contribution is -2.44. The Hall–Kier alpha value is -3.75. The number of hydrogen-bond acceptors (Lipinski definition) is 5. The van der Waals surface area contributed by atoms with Gasteiger partial charge in [0.05, 0.1) is 17.9 Å². The van der Waals surface area contributed by atoms with Crippen LogP contribution in [0.1, 0.15) is 72.2 Å². The maximum absolute atomic E-state index is 13.7. The number of aryl methyl sites for hydroxylation is 3. The van der Waals surface area contributed by atoms with Crippen molar-refractivity contribution in [3.63, 3.8) is 0 Å². The van der Waals surface area contributed by atoms with E-state index in [1.54, 1.807) is 0 Å². The Morgan fingerprint density at radius 3 is 2.44 bits per heavy atom. The van der Waals surface area contributed by atoms with Gasteiger partial charge in [-0.25, -0.2) is 0 Å². The predicted molar refractivity (Wildman–Crippen MR) is 163 cm³/mol. The van der Waals surface area contributed by atoms with Crippen molar-refractivity contribution in [3.8, 4) is 11.1 Å². The number of nitrogens with zero attached hydrogens (tertiary/aromatic N) is 3. The molecule has 8 nitrogen and oxygen atoms in total. The second kappa shape index (κ2) is 11.6. The van der Waals surface area contributed by atoms with Crippen LogP contribution in [0.4, 0.5) is 0 Å². The van der Waals surface area contributed by atoms with Gasteiger partial charge < -0.3 is 19.6 Å². The quantitative estimate of drug-likeness (QED) is 0.317. The molecule has 2 atom stereocenters. The fraction of sp³-hybridized carbons (Fsp3) is 0.424. The van der Waals surface area contributed by atoms with E-state index in [9.17, 15) is 9.59 Å². The summed E-state index contributed by atoms with van der Waals surface area (Å²) in [6.45, 7) is 17.0. The molecule has 5 rings (SSSR count). The maximum atomic E-state index is 13.7. The number of rotatable bonds is 7. The average Bonchev–Trinajstić information content (AvgIpc) is 3.24. The van der Waals surface area contributed by atoms with Crippen molar-refractivity contribution >= 4 is 16.8 Å². The van der Waals surface area contributed by atoms with E-state index in [2.05, 4.69) is 71.9 Å². The number of ether oxygens (including phenoxy) is 1. The first kappa shape index (κ1) is 28.8. The van der Waals surface area contributed by atoms with Gasteiger partial charge in [-0.3, -0.25) is 19.5 Å². The van der Waals surface area contributed by atoms with Crippen LogP contribution in [0, 0.1) is 20.8 Å². The van der Waals surface area contributed by atoms with E-state index in [4.69, 9.17) is 9.72 Å². The van der Waals surface area contributed by atoms with Gasteiger partial charge >= 0.3 is 0 Å². The van der Waals surface area contributed by atoms with Crippen molar-refractivity contribution in [2.45, 2.75) is 79.8 Å². The average molecular weight is 556 g/mol. The summed E-state index contributed by atoms with van der Waals surface area (Å²) in [7, 11) is 0. The smallest absolute Gasteiger partial charge is 0.253 e. The van der Waals surface area contributed by atoms with Crippen LogP contribution in [-0.2, 0) is 17.8 Å². The Morgan fingerprint density at radius 2 is 1.80 bits per heavy atom. The zero-order chi connectivity index (χ0) is 29.4. The van der Waals surface area contributed by atoms with Gasteiger partial charge in [0.2, 0.25) is 0 Å². The highest BCUT2D eigenvalue weighted by molar-refractivity contribution is 6.09. The number of pyridine rings is 2. The molecule has 0 saturated carbocycles. The summed E-state index contributed by atoms with van der Waals surface area (Å²) in [5, 5.41) is 3.94. The maximum Gasteiger partial charge on any atom is 0.253 e. The van der Waals surface area contributed by atoms with Crippen LogP contribution < -0.4 is 10.9 Å². The van der Waals surface area contributed by atoms with E-state index in [0.717, 1.165) is 64.2 Å². The molecule has 1 saturated heterocycles. The summed E-state index contributed by atoms with van der Waals surface area (Å²) < 4.78 is 8.08. The Labute approximate surface area is 241 Å². The summed E-state index contributed by atoms with van der Waals surface area (Å²) in [6, 6.07) is 10.4. The fourth-order valence-electron chi connectivity index (χ4n) is 6.06. The first-order valence-electron chi connectivity index (χ1n) is 14.5. The lowest BCUT2D eigenvalue weighted by molar-refractivity contribution is -0.0707. The number of carbonyl (C=O) groups is 1. The normalized spacial score (nSPS) is 17.9. The highest BCUT2D eigenvalue weighted by Crippen LogP contribution is 2.33. The van der Waals surface area contributed by atoms with Gasteiger partial charge in [0.1, 0.15) is 0 Å². The Kier molecular flexibility index (Phi) is 8.16. The standard InChI is InChI=1S/C33H41N5O3/c1-19(2)38-15-21(4)31-28(32(39)35-14-29-20(3)10-22(5)36-33(29)40)11-26(12-30(31)38)25-8-9-27(34-13-25)18-37-16-23(6)41-24(7)17-37/h8-13,15,19,23-24H,14,16-18H2,1-7H3,(H,35,39)(H,36,40)/t23-,24?/m0/s1. The van der Waals surface area contributed by atoms with Crippen LogP contribution in [0.15, 0.2) is 47.5 Å². The third-order valence-electron chi connectivity index (χ3n) is 7.88. The molecule has 1 fully saturated rings. The lowest BCUT2D eigenvalue weighted by Gasteiger charge is -2.35. The third kappa shape index (κ3) is 6.14. The molecule has 0 bridgehead atoms. The van der Waals surface area contributed by atoms with E-state index >= 15 is 0 Å². The van der Waals surface area contributed by atoms with Gasteiger partial charge in [-0.05, 0) is 89.4 Å². The van der Waals surface area contributed by atoms with Crippen molar-refractivity contribution in [1.82, 2.24) is 24.8 Å². The predicted octanol–water partition coefficient (Wildman–Crippen LogP) is 5.44. The molecule has 0 radical (unpaired) electrons. The topological polar surface area (TPSA) is 92.2 Å². The van der Waals surface area contributed by atoms with Crippen molar-refractivity contribution < 1.29 is 9.53 Å².